The van der Waals surface area contributed by atoms with Crippen molar-refractivity contribution >= 4 is 96.4 Å². The fourth-order valence-electron chi connectivity index (χ4n) is 5.43. The quantitative estimate of drug-likeness (QED) is 0.194. The molecular weight excluding hydrogens is 853 g/mol. The van der Waals surface area contributed by atoms with Crippen LogP contribution in [0.15, 0.2) is 0 Å². The van der Waals surface area contributed by atoms with Crippen LogP contribution in [0.4, 0.5) is 0 Å². The molecule has 0 N–H and O–H groups in total. The van der Waals surface area contributed by atoms with Gasteiger partial charge in [-0.2, -0.15) is 0 Å². The van der Waals surface area contributed by atoms with Gasteiger partial charge in [0.15, 0.2) is 0 Å². The third-order valence-corrected chi connectivity index (χ3v) is 50.0. The van der Waals surface area contributed by atoms with Crippen molar-refractivity contribution in [1.29, 1.82) is 0 Å². The van der Waals surface area contributed by atoms with Gasteiger partial charge in [-0.3, -0.25) is 0 Å². The molecule has 7 atom stereocenters. The molecule has 0 radical (unpaired) electrons. The SMILES string of the molecule is CO[Si](C)(OC)O[Si](C)(OC)O[Si](C)(O[Si](C)(OC)O[Si]1(C)O[Si](C)(C)O[Si](C)(C)O[Si](C)(OC)O1)O[Si]1(C)O[Si](C)(OC)O[Si](C)(OC)O1. The molecule has 2 saturated heterocycles. The second-order valence-electron chi connectivity index (χ2n) is 13.2. The Hall–Kier alpha value is 1.63. The summed E-state index contributed by atoms with van der Waals surface area (Å²) in [7, 11) is -27.9. The molecule has 0 aromatic carbocycles. The van der Waals surface area contributed by atoms with Crippen LogP contribution in [0.3, 0.4) is 0 Å². The molecule has 0 bridgehead atoms. The number of rotatable bonds is 17. The van der Waals surface area contributed by atoms with Crippen molar-refractivity contribution in [1.82, 2.24) is 0 Å². The summed E-state index contributed by atoms with van der Waals surface area (Å²) in [4.78, 5) is 0. The van der Waals surface area contributed by atoms with Crippen molar-refractivity contribution in [3.63, 3.8) is 0 Å². The lowest BCUT2D eigenvalue weighted by Crippen LogP contribution is -2.75. The zero-order chi connectivity index (χ0) is 38.9. The average Bonchev–Trinajstić information content (AvgIpc) is 2.93. The minimum atomic E-state index is -4.17. The highest BCUT2D eigenvalue weighted by molar-refractivity contribution is 6.94. The van der Waals surface area contributed by atoms with Gasteiger partial charge in [-0.1, -0.05) is 0 Å². The van der Waals surface area contributed by atoms with E-state index in [1.165, 1.54) is 49.8 Å². The first kappa shape index (κ1) is 47.8. The summed E-state index contributed by atoms with van der Waals surface area (Å²) < 4.78 is 119. The predicted octanol–water partition coefficient (Wildman–Crippen LogP) is 3.26. The highest BCUT2D eigenvalue weighted by Gasteiger charge is 2.68. The summed E-state index contributed by atoms with van der Waals surface area (Å²) in [5.74, 6) is 0. The van der Waals surface area contributed by atoms with Crippen molar-refractivity contribution in [2.24, 2.45) is 0 Å². The summed E-state index contributed by atoms with van der Waals surface area (Å²) in [6.45, 7) is 23.0. The Morgan fingerprint density at radius 3 is 0.980 bits per heavy atom. The van der Waals surface area contributed by atoms with Gasteiger partial charge in [-0.15, -0.1) is 0 Å². The van der Waals surface area contributed by atoms with E-state index in [1.807, 2.05) is 26.2 Å². The van der Waals surface area contributed by atoms with Crippen LogP contribution in [0.2, 0.25) is 85.1 Å². The lowest BCUT2D eigenvalue weighted by Gasteiger charge is -2.50. The van der Waals surface area contributed by atoms with Crippen LogP contribution in [0.1, 0.15) is 0 Å². The molecule has 0 aromatic heterocycles. The van der Waals surface area contributed by atoms with Crippen LogP contribution in [0, 0.1) is 0 Å². The Kier molecular flexibility index (Phi) is 15.9. The van der Waals surface area contributed by atoms with E-state index in [4.69, 9.17) is 80.4 Å². The minimum Gasteiger partial charge on any atom is -0.416 e. The summed E-state index contributed by atoms with van der Waals surface area (Å²) >= 11 is 0. The molecule has 0 amide bonds. The van der Waals surface area contributed by atoms with Gasteiger partial charge in [0.2, 0.25) is 0 Å². The largest absolute Gasteiger partial charge is 0.489 e. The molecule has 0 spiro atoms. The van der Waals surface area contributed by atoms with E-state index in [9.17, 15) is 0 Å². The second kappa shape index (κ2) is 16.6. The van der Waals surface area contributed by atoms with Crippen molar-refractivity contribution in [2.75, 3.05) is 49.8 Å². The molecule has 2 heterocycles. The van der Waals surface area contributed by atoms with Gasteiger partial charge < -0.3 is 80.4 Å². The van der Waals surface area contributed by atoms with Gasteiger partial charge in [-0.25, -0.2) is 0 Å². The normalized spacial score (nSPS) is 37.2. The monoisotopic (exact) mass is 912 g/mol. The molecule has 0 aliphatic carbocycles. The zero-order valence-corrected chi connectivity index (χ0v) is 44.3. The Balaban J connectivity index is 2.69. The van der Waals surface area contributed by atoms with Crippen LogP contribution in [0.5, 0.6) is 0 Å². The first-order valence-electron chi connectivity index (χ1n) is 15.7. The van der Waals surface area contributed by atoms with Gasteiger partial charge in [-0.05, 0) is 26.2 Å². The molecule has 7 unspecified atom stereocenters. The van der Waals surface area contributed by atoms with E-state index in [1.54, 1.807) is 58.9 Å². The van der Waals surface area contributed by atoms with E-state index in [-0.39, 0.29) is 0 Å². The Bertz CT molecular complexity index is 1130. The van der Waals surface area contributed by atoms with Crippen LogP contribution < -0.4 is 0 Å². The first-order valence-corrected chi connectivity index (χ1v) is 41.3. The minimum absolute atomic E-state index is 1.45. The van der Waals surface area contributed by atoms with Crippen molar-refractivity contribution in [3.8, 4) is 0 Å². The van der Waals surface area contributed by atoms with E-state index in [0.717, 1.165) is 0 Å². The topological polar surface area (TPSA) is 175 Å². The first-order chi connectivity index (χ1) is 22.4. The highest BCUT2D eigenvalue weighted by Crippen LogP contribution is 2.38. The molecular formula is C20H60O19Si11. The summed E-state index contributed by atoms with van der Waals surface area (Å²) in [5, 5.41) is 0. The van der Waals surface area contributed by atoms with Gasteiger partial charge in [0.05, 0.1) is 0 Å². The molecule has 19 nitrogen and oxygen atoms in total. The van der Waals surface area contributed by atoms with Gasteiger partial charge in [0.25, 0.3) is 0 Å². The second-order valence-corrected chi connectivity index (χ2v) is 47.0. The van der Waals surface area contributed by atoms with E-state index in [0.29, 0.717) is 0 Å². The molecule has 0 saturated carbocycles. The van der Waals surface area contributed by atoms with E-state index < -0.39 is 96.4 Å². The highest BCUT2D eigenvalue weighted by atomic mass is 28.6. The van der Waals surface area contributed by atoms with E-state index >= 15 is 0 Å². The van der Waals surface area contributed by atoms with Gasteiger partial charge in [0.1, 0.15) is 0 Å². The van der Waals surface area contributed by atoms with Crippen LogP contribution in [-0.4, -0.2) is 146 Å². The molecule has 2 aliphatic heterocycles. The number of hydrogen-bond acceptors (Lipinski definition) is 19. The van der Waals surface area contributed by atoms with Crippen LogP contribution in [0.25, 0.3) is 0 Å². The maximum atomic E-state index is 6.85. The molecule has 298 valence electrons. The summed E-state index contributed by atoms with van der Waals surface area (Å²) in [5.41, 5.74) is 0. The average molecular weight is 914 g/mol. The Morgan fingerprint density at radius 2 is 0.600 bits per heavy atom. The summed E-state index contributed by atoms with van der Waals surface area (Å²) in [6, 6.07) is 0. The van der Waals surface area contributed by atoms with Crippen LogP contribution in [-0.2, 0) is 80.4 Å². The maximum Gasteiger partial charge on any atom is 0.489 e. The molecule has 2 fully saturated rings. The van der Waals surface area contributed by atoms with Crippen molar-refractivity contribution in [3.05, 3.63) is 0 Å². The standard InChI is InChI=1S/C20H60O19Si11/c1-21-42(12,22-2)31-44(14,24-4)35-49(19,39-50(20)36-45(15,25-5)32-46(16,26-6)37-50)38-47(17,27-7)34-48(18)30-41(10,11)28-40(8,9)29-43(13,23-3)33-48/h1-20H3. The van der Waals surface area contributed by atoms with Gasteiger partial charge in [0, 0.05) is 109 Å². The van der Waals surface area contributed by atoms with Gasteiger partial charge >= 0.3 is 96.4 Å². The molecule has 50 heavy (non-hydrogen) atoms. The van der Waals surface area contributed by atoms with Crippen molar-refractivity contribution < 1.29 is 80.4 Å². The molecule has 2 rings (SSSR count). The third kappa shape index (κ3) is 13.1. The predicted molar refractivity (Wildman–Crippen MR) is 202 cm³/mol. The fraction of sp³-hybridized carbons (Fsp3) is 1.00. The van der Waals surface area contributed by atoms with E-state index in [2.05, 4.69) is 0 Å². The molecule has 30 heteroatoms. The van der Waals surface area contributed by atoms with Crippen LogP contribution >= 0.6 is 0 Å². The fourth-order valence-corrected chi connectivity index (χ4v) is 54.4. The molecule has 0 aromatic rings. The Labute approximate surface area is 310 Å². The summed E-state index contributed by atoms with van der Waals surface area (Å²) in [6.07, 6.45) is 0. The molecule has 2 aliphatic rings. The lowest BCUT2D eigenvalue weighted by molar-refractivity contribution is 0.0385. The smallest absolute Gasteiger partial charge is 0.416 e. The van der Waals surface area contributed by atoms with Crippen molar-refractivity contribution in [2.45, 2.75) is 85.1 Å². The number of hydrogen-bond donors (Lipinski definition) is 0. The lowest BCUT2D eigenvalue weighted by atomic mass is 11.8. The maximum absolute atomic E-state index is 6.85. The Morgan fingerprint density at radius 1 is 0.320 bits per heavy atom. The zero-order valence-electron chi connectivity index (χ0n) is 33.3. The third-order valence-electron chi connectivity index (χ3n) is 7.29.